The van der Waals surface area contributed by atoms with Gasteiger partial charge in [0.2, 0.25) is 5.78 Å². The van der Waals surface area contributed by atoms with Gasteiger partial charge in [0.1, 0.15) is 5.69 Å². The number of nitrogens with zero attached hydrogens (tertiary/aromatic N) is 1. The Morgan fingerprint density at radius 3 is 2.33 bits per heavy atom. The lowest BCUT2D eigenvalue weighted by Gasteiger charge is -2.23. The summed E-state index contributed by atoms with van der Waals surface area (Å²) < 4.78 is 4.17. The quantitative estimate of drug-likeness (QED) is 0.446. The van der Waals surface area contributed by atoms with Crippen LogP contribution in [0.3, 0.4) is 0 Å². The number of hydrogen-bond acceptors (Lipinski definition) is 4. The Kier molecular flexibility index (Phi) is 6.07. The normalized spacial score (nSPS) is 12.3. The van der Waals surface area contributed by atoms with Gasteiger partial charge in [-0.05, 0) is 26.2 Å². The van der Waals surface area contributed by atoms with Gasteiger partial charge in [0.05, 0.1) is 7.11 Å². The number of ketones is 1. The number of rotatable bonds is 5. The van der Waals surface area contributed by atoms with Gasteiger partial charge in [0.15, 0.2) is 0 Å². The number of carbonyl (C=O) groups is 2. The molecule has 0 spiro atoms. The maximum absolute atomic E-state index is 12.0. The highest BCUT2D eigenvalue weighted by atomic mass is 35.6. The molecule has 21 heavy (non-hydrogen) atoms. The number of Topliss-reactive ketones (excluding diaryl/α,β-unsaturated/α-hetero) is 1. The number of aromatic nitrogens is 1. The van der Waals surface area contributed by atoms with E-state index in [4.69, 9.17) is 39.5 Å². The molecule has 0 aromatic carbocycles. The second-order valence-electron chi connectivity index (χ2n) is 5.02. The number of halogens is 3. The third kappa shape index (κ3) is 4.81. The predicted molar refractivity (Wildman–Crippen MR) is 88.0 cm³/mol. The highest BCUT2D eigenvalue weighted by Gasteiger charge is 2.34. The Hall–Kier alpha value is -0.360. The van der Waals surface area contributed by atoms with E-state index in [1.165, 1.54) is 19.4 Å². The number of esters is 1. The summed E-state index contributed by atoms with van der Waals surface area (Å²) in [4.78, 5) is 23.8. The van der Waals surface area contributed by atoms with Gasteiger partial charge in [0, 0.05) is 23.1 Å². The van der Waals surface area contributed by atoms with Crippen LogP contribution < -0.4 is 0 Å². The zero-order valence-corrected chi connectivity index (χ0v) is 15.2. The fourth-order valence-electron chi connectivity index (χ4n) is 1.68. The molecule has 0 amide bonds. The minimum atomic E-state index is -2.06. The fourth-order valence-corrected chi connectivity index (χ4v) is 2.27. The zero-order valence-electron chi connectivity index (χ0n) is 12.1. The minimum Gasteiger partial charge on any atom is -0.464 e. The summed E-state index contributed by atoms with van der Waals surface area (Å²) in [5.41, 5.74) is 0.407. The van der Waals surface area contributed by atoms with Crippen LogP contribution >= 0.6 is 46.6 Å². The van der Waals surface area contributed by atoms with E-state index in [9.17, 15) is 9.59 Å². The molecule has 0 radical (unpaired) electrons. The molecule has 0 N–H and O–H groups in total. The molecular weight excluding hydrogens is 357 g/mol. The Labute approximate surface area is 143 Å². The molecule has 0 aliphatic rings. The number of carbonyl (C=O) groups excluding carboxylic acids is 2. The molecule has 1 aromatic rings. The van der Waals surface area contributed by atoms with E-state index in [1.54, 1.807) is 16.3 Å². The van der Waals surface area contributed by atoms with E-state index in [0.717, 1.165) is 0 Å². The minimum absolute atomic E-state index is 0.137. The van der Waals surface area contributed by atoms with Crippen molar-refractivity contribution in [1.82, 2.24) is 4.57 Å². The van der Waals surface area contributed by atoms with Crippen LogP contribution in [0, 0.1) is 0 Å². The van der Waals surface area contributed by atoms with Crippen LogP contribution in [0.2, 0.25) is 0 Å². The molecule has 8 heteroatoms. The summed E-state index contributed by atoms with van der Waals surface area (Å²) in [7, 11) is 1.27. The number of methoxy groups -OCH3 is 1. The van der Waals surface area contributed by atoms with E-state index in [1.807, 2.05) is 20.1 Å². The SMILES string of the molecule is COC(=O)c1cc(C(=O)C(Cl)(Cl)Cl)cn1CC(C)(C)SC. The van der Waals surface area contributed by atoms with Crippen molar-refractivity contribution < 1.29 is 14.3 Å². The van der Waals surface area contributed by atoms with Crippen molar-refractivity contribution in [1.29, 1.82) is 0 Å². The number of alkyl halides is 3. The lowest BCUT2D eigenvalue weighted by atomic mass is 10.2. The molecule has 1 heterocycles. The first-order chi connectivity index (χ1) is 9.51. The van der Waals surface area contributed by atoms with Crippen molar-refractivity contribution in [3.63, 3.8) is 0 Å². The van der Waals surface area contributed by atoms with E-state index in [-0.39, 0.29) is 16.0 Å². The fraction of sp³-hybridized carbons (Fsp3) is 0.538. The first-order valence-electron chi connectivity index (χ1n) is 5.97. The summed E-state index contributed by atoms with van der Waals surface area (Å²) >= 11 is 18.5. The molecule has 0 saturated carbocycles. The maximum Gasteiger partial charge on any atom is 0.354 e. The maximum atomic E-state index is 12.0. The molecule has 0 saturated heterocycles. The van der Waals surface area contributed by atoms with Gasteiger partial charge in [-0.3, -0.25) is 4.79 Å². The summed E-state index contributed by atoms with van der Waals surface area (Å²) in [6.07, 6.45) is 3.48. The van der Waals surface area contributed by atoms with Crippen molar-refractivity contribution in [2.45, 2.75) is 28.9 Å². The molecule has 118 valence electrons. The molecule has 0 unspecified atom stereocenters. The second kappa shape index (κ2) is 6.82. The molecule has 1 rings (SSSR count). The standard InChI is InChI=1S/C13H16Cl3NO3S/c1-12(2,21-4)7-17-6-8(10(18)13(14,15)16)5-9(17)11(19)20-3/h5-6H,7H2,1-4H3. The van der Waals surface area contributed by atoms with Gasteiger partial charge in [-0.15, -0.1) is 0 Å². The van der Waals surface area contributed by atoms with Crippen LogP contribution in [-0.4, -0.2) is 38.2 Å². The van der Waals surface area contributed by atoms with E-state index < -0.39 is 15.5 Å². The second-order valence-corrected chi connectivity index (χ2v) is 8.82. The van der Waals surface area contributed by atoms with Crippen molar-refractivity contribution in [2.24, 2.45) is 0 Å². The average molecular weight is 373 g/mol. The third-order valence-electron chi connectivity index (χ3n) is 2.91. The highest BCUT2D eigenvalue weighted by molar-refractivity contribution is 7.99. The Bertz CT molecular complexity index is 549. The Balaban J connectivity index is 3.26. The third-order valence-corrected chi connectivity index (χ3v) is 4.66. The summed E-state index contributed by atoms with van der Waals surface area (Å²) in [5.74, 6) is -1.23. The monoisotopic (exact) mass is 371 g/mol. The van der Waals surface area contributed by atoms with Crippen molar-refractivity contribution in [2.75, 3.05) is 13.4 Å². The Morgan fingerprint density at radius 2 is 1.90 bits per heavy atom. The molecule has 0 aliphatic heterocycles. The van der Waals surface area contributed by atoms with Gasteiger partial charge in [-0.25, -0.2) is 4.79 Å². The summed E-state index contributed by atoms with van der Waals surface area (Å²) in [5, 5.41) is 0. The van der Waals surface area contributed by atoms with Gasteiger partial charge < -0.3 is 9.30 Å². The van der Waals surface area contributed by atoms with Crippen LogP contribution in [0.4, 0.5) is 0 Å². The smallest absolute Gasteiger partial charge is 0.354 e. The topological polar surface area (TPSA) is 48.3 Å². The molecule has 4 nitrogen and oxygen atoms in total. The summed E-state index contributed by atoms with van der Waals surface area (Å²) in [6.45, 7) is 4.55. The van der Waals surface area contributed by atoms with E-state index in [2.05, 4.69) is 0 Å². The van der Waals surface area contributed by atoms with Gasteiger partial charge in [-0.1, -0.05) is 34.8 Å². The van der Waals surface area contributed by atoms with Crippen molar-refractivity contribution in [3.8, 4) is 0 Å². The molecule has 0 fully saturated rings. The molecular formula is C13H16Cl3NO3S. The largest absolute Gasteiger partial charge is 0.464 e. The van der Waals surface area contributed by atoms with Gasteiger partial charge in [0.25, 0.3) is 3.79 Å². The lowest BCUT2D eigenvalue weighted by molar-refractivity contribution is 0.0588. The molecule has 1 aromatic heterocycles. The van der Waals surface area contributed by atoms with Crippen molar-refractivity contribution in [3.05, 3.63) is 23.5 Å². The van der Waals surface area contributed by atoms with Crippen LogP contribution in [0.15, 0.2) is 12.3 Å². The molecule has 0 bridgehead atoms. The van der Waals surface area contributed by atoms with Crippen LogP contribution in [-0.2, 0) is 11.3 Å². The highest BCUT2D eigenvalue weighted by Crippen LogP contribution is 2.32. The number of ether oxygens (including phenoxy) is 1. The van der Waals surface area contributed by atoms with Gasteiger partial charge in [-0.2, -0.15) is 11.8 Å². The molecule has 0 aliphatic carbocycles. The number of hydrogen-bond donors (Lipinski definition) is 0. The van der Waals surface area contributed by atoms with Crippen LogP contribution in [0.5, 0.6) is 0 Å². The van der Waals surface area contributed by atoms with E-state index >= 15 is 0 Å². The Morgan fingerprint density at radius 1 is 1.33 bits per heavy atom. The summed E-state index contributed by atoms with van der Waals surface area (Å²) in [6, 6.07) is 1.38. The van der Waals surface area contributed by atoms with E-state index in [0.29, 0.717) is 6.54 Å². The van der Waals surface area contributed by atoms with Crippen LogP contribution in [0.25, 0.3) is 0 Å². The first kappa shape index (κ1) is 18.7. The average Bonchev–Trinajstić information content (AvgIpc) is 2.78. The van der Waals surface area contributed by atoms with Crippen LogP contribution in [0.1, 0.15) is 34.7 Å². The van der Waals surface area contributed by atoms with Gasteiger partial charge >= 0.3 is 5.97 Å². The first-order valence-corrected chi connectivity index (χ1v) is 8.33. The number of thioether (sulfide) groups is 1. The zero-order chi connectivity index (χ0) is 16.4. The lowest BCUT2D eigenvalue weighted by Crippen LogP contribution is -2.24. The van der Waals surface area contributed by atoms with Crippen molar-refractivity contribution >= 4 is 58.3 Å². The predicted octanol–water partition coefficient (Wildman–Crippen LogP) is 3.97. The molecule has 0 atom stereocenters.